The van der Waals surface area contributed by atoms with Gasteiger partial charge in [0.1, 0.15) is 39.7 Å². The van der Waals surface area contributed by atoms with Crippen molar-refractivity contribution in [2.75, 3.05) is 12.4 Å². The lowest BCUT2D eigenvalue weighted by atomic mass is 10.1. The number of ether oxygens (including phenoxy) is 3. The summed E-state index contributed by atoms with van der Waals surface area (Å²) in [5, 5.41) is 2.55. The van der Waals surface area contributed by atoms with Gasteiger partial charge in [-0.05, 0) is 82.1 Å². The van der Waals surface area contributed by atoms with Crippen LogP contribution in [0.1, 0.15) is 37.5 Å². The van der Waals surface area contributed by atoms with E-state index in [1.807, 2.05) is 0 Å². The molecule has 0 saturated heterocycles. The Hall–Kier alpha value is -5.65. The number of pyridine rings is 1. The van der Waals surface area contributed by atoms with Gasteiger partial charge >= 0.3 is 11.8 Å². The van der Waals surface area contributed by atoms with Crippen LogP contribution in [-0.2, 0) is 18.3 Å². The SMILES string of the molecule is COc1ccc(Cn2c(=O)c3c(Oc4cccc(NC(=O)OC(C)(C)C)c4C)cc(=O)n(C)c3n(-c3ccc(C)cc3F)c2=O)cc1. The Morgan fingerprint density at radius 1 is 0.936 bits per heavy atom. The highest BCUT2D eigenvalue weighted by molar-refractivity contribution is 5.87. The van der Waals surface area contributed by atoms with Gasteiger partial charge in [-0.3, -0.25) is 24.0 Å². The van der Waals surface area contributed by atoms with Crippen molar-refractivity contribution >= 4 is 22.8 Å². The van der Waals surface area contributed by atoms with Crippen molar-refractivity contribution in [1.82, 2.24) is 13.7 Å². The van der Waals surface area contributed by atoms with E-state index in [4.69, 9.17) is 14.2 Å². The fraction of sp³-hybridized carbons (Fsp3) is 0.257. The van der Waals surface area contributed by atoms with Gasteiger partial charge in [0.25, 0.3) is 11.1 Å². The number of aromatic nitrogens is 3. The third-order valence-corrected chi connectivity index (χ3v) is 7.45. The number of aryl methyl sites for hydroxylation is 2. The fourth-order valence-electron chi connectivity index (χ4n) is 5.10. The van der Waals surface area contributed by atoms with E-state index in [9.17, 15) is 19.2 Å². The number of nitrogens with zero attached hydrogens (tertiary/aromatic N) is 3. The molecule has 0 radical (unpaired) electrons. The molecule has 1 N–H and O–H groups in total. The number of amides is 1. The molecule has 244 valence electrons. The predicted molar refractivity (Wildman–Crippen MR) is 177 cm³/mol. The Kier molecular flexibility index (Phi) is 8.79. The van der Waals surface area contributed by atoms with Gasteiger partial charge in [0.15, 0.2) is 0 Å². The molecule has 5 rings (SSSR count). The smallest absolute Gasteiger partial charge is 0.412 e. The van der Waals surface area contributed by atoms with E-state index in [1.165, 1.54) is 26.3 Å². The first-order valence-electron chi connectivity index (χ1n) is 14.7. The summed E-state index contributed by atoms with van der Waals surface area (Å²) in [5.74, 6) is -0.0781. The van der Waals surface area contributed by atoms with E-state index in [1.54, 1.807) is 83.1 Å². The van der Waals surface area contributed by atoms with Crippen LogP contribution in [0.4, 0.5) is 14.9 Å². The van der Waals surface area contributed by atoms with Crippen LogP contribution in [0.5, 0.6) is 17.2 Å². The fourth-order valence-corrected chi connectivity index (χ4v) is 5.10. The van der Waals surface area contributed by atoms with Crippen LogP contribution in [-0.4, -0.2) is 32.5 Å². The summed E-state index contributed by atoms with van der Waals surface area (Å²) in [6.07, 6.45) is -0.678. The van der Waals surface area contributed by atoms with Crippen molar-refractivity contribution in [1.29, 1.82) is 0 Å². The first-order valence-corrected chi connectivity index (χ1v) is 14.7. The normalized spacial score (nSPS) is 11.4. The van der Waals surface area contributed by atoms with Crippen LogP contribution in [0.3, 0.4) is 0 Å². The Morgan fingerprint density at radius 3 is 2.28 bits per heavy atom. The molecule has 47 heavy (non-hydrogen) atoms. The third-order valence-electron chi connectivity index (χ3n) is 7.45. The molecule has 0 atom stereocenters. The molecular weight excluding hydrogens is 607 g/mol. The zero-order valence-electron chi connectivity index (χ0n) is 27.1. The van der Waals surface area contributed by atoms with Crippen LogP contribution < -0.4 is 31.6 Å². The van der Waals surface area contributed by atoms with Crippen molar-refractivity contribution in [3.8, 4) is 22.9 Å². The maximum absolute atomic E-state index is 15.5. The zero-order chi connectivity index (χ0) is 34.2. The number of anilines is 1. The molecule has 0 aliphatic heterocycles. The van der Waals surface area contributed by atoms with Gasteiger partial charge in [0, 0.05) is 18.7 Å². The minimum absolute atomic E-state index is 0.134. The van der Waals surface area contributed by atoms with Crippen LogP contribution >= 0.6 is 0 Å². The molecule has 0 unspecified atom stereocenters. The van der Waals surface area contributed by atoms with Gasteiger partial charge < -0.3 is 14.2 Å². The number of halogens is 1. The third kappa shape index (κ3) is 6.67. The van der Waals surface area contributed by atoms with E-state index in [-0.39, 0.29) is 34.8 Å². The first kappa shape index (κ1) is 32.7. The number of methoxy groups -OCH3 is 1. The van der Waals surface area contributed by atoms with Crippen molar-refractivity contribution in [2.45, 2.75) is 46.8 Å². The summed E-state index contributed by atoms with van der Waals surface area (Å²) in [7, 11) is 2.91. The number of hydrogen-bond donors (Lipinski definition) is 1. The van der Waals surface area contributed by atoms with Crippen LogP contribution in [0, 0.1) is 19.7 Å². The molecule has 2 heterocycles. The van der Waals surface area contributed by atoms with Crippen LogP contribution in [0.15, 0.2) is 81.1 Å². The van der Waals surface area contributed by atoms with E-state index in [2.05, 4.69) is 5.32 Å². The minimum Gasteiger partial charge on any atom is -0.497 e. The van der Waals surface area contributed by atoms with Crippen molar-refractivity contribution < 1.29 is 23.4 Å². The quantitative estimate of drug-likeness (QED) is 0.238. The van der Waals surface area contributed by atoms with Crippen LogP contribution in [0.2, 0.25) is 0 Å². The molecule has 11 nitrogen and oxygen atoms in total. The summed E-state index contributed by atoms with van der Waals surface area (Å²) in [5.41, 5.74) is -1.19. The minimum atomic E-state index is -0.854. The topological polar surface area (TPSA) is 123 Å². The second-order valence-electron chi connectivity index (χ2n) is 12.1. The highest BCUT2D eigenvalue weighted by atomic mass is 19.1. The number of fused-ring (bicyclic) bond motifs is 1. The molecule has 0 bridgehead atoms. The van der Waals surface area contributed by atoms with Crippen molar-refractivity contribution in [2.24, 2.45) is 7.05 Å². The summed E-state index contributed by atoms with van der Waals surface area (Å²) in [6, 6.07) is 17.1. The largest absolute Gasteiger partial charge is 0.497 e. The molecule has 5 aromatic rings. The maximum atomic E-state index is 15.5. The molecule has 12 heteroatoms. The number of carbonyl (C=O) groups excluding carboxylic acids is 1. The van der Waals surface area contributed by atoms with E-state index in [0.29, 0.717) is 28.1 Å². The Labute approximate surface area is 269 Å². The first-order chi connectivity index (χ1) is 22.2. The molecule has 3 aromatic carbocycles. The standard InChI is InChI=1S/C35H35FN4O7/c1-20-11-16-26(24(36)17-20)40-31-30(32(42)39(34(40)44)19-22-12-14-23(45-7)15-13-22)28(18-29(41)38(31)6)46-27-10-8-9-25(21(27)2)37-33(43)47-35(3,4)5/h8-18H,19H2,1-7H3,(H,37,43). The van der Waals surface area contributed by atoms with E-state index in [0.717, 1.165) is 19.8 Å². The van der Waals surface area contributed by atoms with Crippen molar-refractivity contribution in [3.63, 3.8) is 0 Å². The predicted octanol–water partition coefficient (Wildman–Crippen LogP) is 5.80. The Bertz CT molecular complexity index is 2190. The lowest BCUT2D eigenvalue weighted by Gasteiger charge is -2.21. The Morgan fingerprint density at radius 2 is 1.64 bits per heavy atom. The molecule has 0 saturated carbocycles. The molecule has 2 aromatic heterocycles. The summed E-state index contributed by atoms with van der Waals surface area (Å²) < 4.78 is 35.5. The van der Waals surface area contributed by atoms with Crippen LogP contribution in [0.25, 0.3) is 16.7 Å². The molecule has 0 fully saturated rings. The lowest BCUT2D eigenvalue weighted by Crippen LogP contribution is -2.42. The maximum Gasteiger partial charge on any atom is 0.412 e. The summed E-state index contributed by atoms with van der Waals surface area (Å²) >= 11 is 0. The second kappa shape index (κ2) is 12.6. The van der Waals surface area contributed by atoms with Gasteiger partial charge in [0.05, 0.1) is 25.0 Å². The average molecular weight is 643 g/mol. The second-order valence-corrected chi connectivity index (χ2v) is 12.1. The van der Waals surface area contributed by atoms with Gasteiger partial charge in [-0.15, -0.1) is 0 Å². The number of rotatable bonds is 7. The highest BCUT2D eigenvalue weighted by Gasteiger charge is 2.24. The number of hydrogen-bond acceptors (Lipinski definition) is 7. The average Bonchev–Trinajstić information content (AvgIpc) is 2.99. The van der Waals surface area contributed by atoms with E-state index >= 15 is 4.39 Å². The van der Waals surface area contributed by atoms with Gasteiger partial charge in [0.2, 0.25) is 0 Å². The molecule has 1 amide bonds. The zero-order valence-corrected chi connectivity index (χ0v) is 27.1. The number of carbonyl (C=O) groups is 1. The Balaban J connectivity index is 1.75. The molecule has 0 aliphatic rings. The van der Waals surface area contributed by atoms with E-state index < -0.39 is 34.3 Å². The van der Waals surface area contributed by atoms with Gasteiger partial charge in [-0.1, -0.05) is 24.3 Å². The lowest BCUT2D eigenvalue weighted by molar-refractivity contribution is 0.0635. The number of nitrogens with one attached hydrogen (secondary N) is 1. The molecule has 0 aliphatic carbocycles. The van der Waals surface area contributed by atoms with Crippen molar-refractivity contribution in [3.05, 3.63) is 120 Å². The van der Waals surface area contributed by atoms with Gasteiger partial charge in [-0.25, -0.2) is 18.5 Å². The highest BCUT2D eigenvalue weighted by Crippen LogP contribution is 2.33. The molecule has 0 spiro atoms. The number of benzene rings is 3. The monoisotopic (exact) mass is 642 g/mol. The van der Waals surface area contributed by atoms with Gasteiger partial charge in [-0.2, -0.15) is 0 Å². The summed E-state index contributed by atoms with van der Waals surface area (Å²) in [6.45, 7) is 8.44. The summed E-state index contributed by atoms with van der Waals surface area (Å²) in [4.78, 5) is 54.2. The molecular formula is C35H35FN4O7.